The van der Waals surface area contributed by atoms with Crippen molar-refractivity contribution in [2.24, 2.45) is 11.3 Å². The van der Waals surface area contributed by atoms with E-state index in [1.165, 1.54) is 12.8 Å². The van der Waals surface area contributed by atoms with Gasteiger partial charge in [0.25, 0.3) is 0 Å². The van der Waals surface area contributed by atoms with Crippen LogP contribution in [0, 0.1) is 11.3 Å². The van der Waals surface area contributed by atoms with Gasteiger partial charge in [-0.3, -0.25) is 0 Å². The van der Waals surface area contributed by atoms with Crippen LogP contribution in [0.2, 0.25) is 0 Å². The first kappa shape index (κ1) is 8.93. The molecule has 0 amide bonds. The van der Waals surface area contributed by atoms with Crippen molar-refractivity contribution >= 4 is 0 Å². The first-order valence-corrected chi connectivity index (χ1v) is 5.58. The predicted octanol–water partition coefficient (Wildman–Crippen LogP) is 1.88. The van der Waals surface area contributed by atoms with E-state index in [0.717, 1.165) is 6.42 Å². The number of rotatable bonds is 1. The third kappa shape index (κ3) is 0.695. The van der Waals surface area contributed by atoms with Crippen LogP contribution in [0.15, 0.2) is 12.2 Å². The lowest BCUT2D eigenvalue weighted by molar-refractivity contribution is -0.0598. The van der Waals surface area contributed by atoms with Gasteiger partial charge in [0, 0.05) is 11.3 Å². The lowest BCUT2D eigenvalue weighted by Gasteiger charge is -2.40. The molecule has 78 valence electrons. The molecule has 0 spiro atoms. The standard InChI is InChI=1S/C12H18O2/c1-10-6-7-11(2,14-10)12(8-13)5-3-4-9(10)12/h6-7,9,13H,3-5,8H2,1-2H3. The predicted molar refractivity (Wildman–Crippen MR) is 53.9 cm³/mol. The average Bonchev–Trinajstić information content (AvgIpc) is 2.73. The summed E-state index contributed by atoms with van der Waals surface area (Å²) in [7, 11) is 0. The van der Waals surface area contributed by atoms with Gasteiger partial charge in [-0.15, -0.1) is 0 Å². The summed E-state index contributed by atoms with van der Waals surface area (Å²) in [5.41, 5.74) is -0.303. The van der Waals surface area contributed by atoms with Crippen molar-refractivity contribution < 1.29 is 9.84 Å². The second kappa shape index (κ2) is 2.25. The van der Waals surface area contributed by atoms with Gasteiger partial charge in [-0.05, 0) is 26.7 Å². The van der Waals surface area contributed by atoms with Crippen LogP contribution in [-0.4, -0.2) is 22.9 Å². The van der Waals surface area contributed by atoms with E-state index in [0.29, 0.717) is 5.92 Å². The Morgan fingerprint density at radius 2 is 2.21 bits per heavy atom. The van der Waals surface area contributed by atoms with Crippen molar-refractivity contribution in [3.63, 3.8) is 0 Å². The molecule has 3 aliphatic rings. The summed E-state index contributed by atoms with van der Waals surface area (Å²) in [5.74, 6) is 0.523. The molecule has 2 bridgehead atoms. The monoisotopic (exact) mass is 194 g/mol. The van der Waals surface area contributed by atoms with Crippen LogP contribution >= 0.6 is 0 Å². The first-order valence-electron chi connectivity index (χ1n) is 5.58. The molecule has 0 aromatic heterocycles. The van der Waals surface area contributed by atoms with Gasteiger partial charge in [0.05, 0.1) is 17.8 Å². The molecule has 1 saturated carbocycles. The highest BCUT2D eigenvalue weighted by atomic mass is 16.5. The number of fused-ring (bicyclic) bond motifs is 5. The molecular weight excluding hydrogens is 176 g/mol. The molecule has 0 aromatic rings. The van der Waals surface area contributed by atoms with Crippen molar-refractivity contribution in [2.75, 3.05) is 6.61 Å². The van der Waals surface area contributed by atoms with Gasteiger partial charge in [-0.2, -0.15) is 0 Å². The Labute approximate surface area is 85.0 Å². The topological polar surface area (TPSA) is 29.5 Å². The molecule has 0 aromatic carbocycles. The average molecular weight is 194 g/mol. The quantitative estimate of drug-likeness (QED) is 0.646. The zero-order valence-corrected chi connectivity index (χ0v) is 8.92. The van der Waals surface area contributed by atoms with Crippen molar-refractivity contribution in [1.82, 2.24) is 0 Å². The second-order valence-corrected chi connectivity index (χ2v) is 5.49. The minimum atomic E-state index is -0.211. The highest BCUT2D eigenvalue weighted by Crippen LogP contribution is 2.66. The minimum absolute atomic E-state index is 0.0104. The van der Waals surface area contributed by atoms with Crippen LogP contribution in [0.4, 0.5) is 0 Å². The van der Waals surface area contributed by atoms with Gasteiger partial charge in [0.2, 0.25) is 0 Å². The Hall–Kier alpha value is -0.340. The van der Waals surface area contributed by atoms with Crippen LogP contribution < -0.4 is 0 Å². The molecule has 2 heterocycles. The SMILES string of the molecule is CC12C=CC(C)(O1)C1(CO)CCCC21. The van der Waals surface area contributed by atoms with Gasteiger partial charge < -0.3 is 9.84 Å². The normalized spacial score (nSPS) is 59.5. The fraction of sp³-hybridized carbons (Fsp3) is 0.833. The smallest absolute Gasteiger partial charge is 0.0929 e. The van der Waals surface area contributed by atoms with E-state index in [9.17, 15) is 5.11 Å². The molecule has 4 unspecified atom stereocenters. The van der Waals surface area contributed by atoms with Crippen LogP contribution in [-0.2, 0) is 4.74 Å². The van der Waals surface area contributed by atoms with Crippen LogP contribution in [0.3, 0.4) is 0 Å². The van der Waals surface area contributed by atoms with Crippen LogP contribution in [0.25, 0.3) is 0 Å². The molecule has 1 saturated heterocycles. The van der Waals surface area contributed by atoms with Gasteiger partial charge in [-0.1, -0.05) is 18.6 Å². The minimum Gasteiger partial charge on any atom is -0.396 e. The molecule has 1 aliphatic carbocycles. The molecule has 14 heavy (non-hydrogen) atoms. The summed E-state index contributed by atoms with van der Waals surface area (Å²) in [6, 6.07) is 0. The third-order valence-corrected chi connectivity index (χ3v) is 4.91. The number of hydrogen-bond acceptors (Lipinski definition) is 2. The van der Waals surface area contributed by atoms with E-state index >= 15 is 0 Å². The molecule has 2 fully saturated rings. The molecule has 3 rings (SSSR count). The summed E-state index contributed by atoms with van der Waals surface area (Å²) in [6.45, 7) is 4.58. The lowest BCUT2D eigenvalue weighted by Crippen LogP contribution is -2.46. The fourth-order valence-electron chi connectivity index (χ4n) is 4.15. The Morgan fingerprint density at radius 1 is 1.43 bits per heavy atom. The maximum atomic E-state index is 9.71. The van der Waals surface area contributed by atoms with Crippen molar-refractivity contribution in [3.05, 3.63) is 12.2 Å². The molecule has 2 nitrogen and oxygen atoms in total. The van der Waals surface area contributed by atoms with E-state index in [-0.39, 0.29) is 23.2 Å². The summed E-state index contributed by atoms with van der Waals surface area (Å²) in [5, 5.41) is 9.71. The molecule has 1 N–H and O–H groups in total. The maximum Gasteiger partial charge on any atom is 0.0929 e. The molecule has 2 aliphatic heterocycles. The number of ether oxygens (including phenoxy) is 1. The lowest BCUT2D eigenvalue weighted by atomic mass is 9.62. The second-order valence-electron chi connectivity index (χ2n) is 5.49. The first-order chi connectivity index (χ1) is 6.56. The Kier molecular flexibility index (Phi) is 1.43. The fourth-order valence-corrected chi connectivity index (χ4v) is 4.15. The van der Waals surface area contributed by atoms with E-state index in [4.69, 9.17) is 4.74 Å². The summed E-state index contributed by atoms with van der Waals surface area (Å²) >= 11 is 0. The van der Waals surface area contributed by atoms with Gasteiger partial charge >= 0.3 is 0 Å². The summed E-state index contributed by atoms with van der Waals surface area (Å²) in [4.78, 5) is 0. The van der Waals surface area contributed by atoms with Crippen molar-refractivity contribution in [3.8, 4) is 0 Å². The third-order valence-electron chi connectivity index (χ3n) is 4.91. The van der Waals surface area contributed by atoms with Crippen LogP contribution in [0.5, 0.6) is 0 Å². The summed E-state index contributed by atoms with van der Waals surface area (Å²) in [6.07, 6.45) is 7.94. The van der Waals surface area contributed by atoms with E-state index in [2.05, 4.69) is 26.0 Å². The number of hydrogen-bond donors (Lipinski definition) is 1. The van der Waals surface area contributed by atoms with Gasteiger partial charge in [0.15, 0.2) is 0 Å². The zero-order chi connectivity index (χ0) is 10.0. The Morgan fingerprint density at radius 3 is 2.86 bits per heavy atom. The zero-order valence-electron chi connectivity index (χ0n) is 8.92. The van der Waals surface area contributed by atoms with Crippen molar-refractivity contribution in [2.45, 2.75) is 44.3 Å². The van der Waals surface area contributed by atoms with Crippen molar-refractivity contribution in [1.29, 1.82) is 0 Å². The molecule has 2 heteroatoms. The number of aliphatic hydroxyl groups is 1. The Bertz CT molecular complexity index is 311. The molecular formula is C12H18O2. The maximum absolute atomic E-state index is 9.71. The molecule has 0 radical (unpaired) electrons. The van der Waals surface area contributed by atoms with Gasteiger partial charge in [-0.25, -0.2) is 0 Å². The van der Waals surface area contributed by atoms with Gasteiger partial charge in [0.1, 0.15) is 0 Å². The van der Waals surface area contributed by atoms with E-state index in [1.54, 1.807) is 0 Å². The van der Waals surface area contributed by atoms with E-state index < -0.39 is 0 Å². The Balaban J connectivity index is 2.15. The highest BCUT2D eigenvalue weighted by molar-refractivity contribution is 5.33. The molecule has 4 atom stereocenters. The van der Waals surface area contributed by atoms with Crippen LogP contribution in [0.1, 0.15) is 33.1 Å². The van der Waals surface area contributed by atoms with E-state index in [1.807, 2.05) is 0 Å². The number of aliphatic hydroxyl groups excluding tert-OH is 1. The largest absolute Gasteiger partial charge is 0.396 e. The highest BCUT2D eigenvalue weighted by Gasteiger charge is 2.69. The summed E-state index contributed by atoms with van der Waals surface area (Å²) < 4.78 is 6.14.